The molecule has 1 amide bonds. The van der Waals surface area contributed by atoms with Crippen LogP contribution in [0.4, 0.5) is 0 Å². The molecule has 2 heterocycles. The molecule has 2 aromatic heterocycles. The molecule has 0 atom stereocenters. The smallest absolute Gasteiger partial charge is 0.271 e. The van der Waals surface area contributed by atoms with Gasteiger partial charge in [-0.2, -0.15) is 10.2 Å². The Morgan fingerprint density at radius 3 is 2.41 bits per heavy atom. The van der Waals surface area contributed by atoms with Crippen LogP contribution in [0.15, 0.2) is 6.07 Å². The normalized spacial score (nSPS) is 11.0. The Kier molecular flexibility index (Phi) is 5.00. The molecule has 0 aliphatic carbocycles. The first-order valence-electron chi connectivity index (χ1n) is 7.84. The van der Waals surface area contributed by atoms with Crippen LogP contribution in [0.2, 0.25) is 0 Å². The molecule has 0 saturated carbocycles. The summed E-state index contributed by atoms with van der Waals surface area (Å²) in [7, 11) is 1.91. The summed E-state index contributed by atoms with van der Waals surface area (Å²) >= 11 is 0. The van der Waals surface area contributed by atoms with Gasteiger partial charge in [0.1, 0.15) is 5.69 Å². The quantitative estimate of drug-likeness (QED) is 0.892. The van der Waals surface area contributed by atoms with Gasteiger partial charge in [-0.15, -0.1) is 0 Å². The van der Waals surface area contributed by atoms with E-state index in [1.54, 1.807) is 0 Å². The predicted octanol–water partition coefficient (Wildman–Crippen LogP) is 2.69. The zero-order valence-electron chi connectivity index (χ0n) is 14.1. The summed E-state index contributed by atoms with van der Waals surface area (Å²) in [5, 5.41) is 11.6. The summed E-state index contributed by atoms with van der Waals surface area (Å²) in [5.74, 6) is 0.0154. The number of carbonyl (C=O) groups is 1. The van der Waals surface area contributed by atoms with Gasteiger partial charge in [0.2, 0.25) is 0 Å². The molecule has 120 valence electrons. The number of amides is 1. The molecule has 0 aromatic carbocycles. The van der Waals surface area contributed by atoms with Crippen molar-refractivity contribution in [2.75, 3.05) is 13.1 Å². The molecule has 0 spiro atoms. The molecule has 0 saturated heterocycles. The van der Waals surface area contributed by atoms with E-state index in [4.69, 9.17) is 0 Å². The van der Waals surface area contributed by atoms with Crippen LogP contribution in [-0.4, -0.2) is 43.9 Å². The Morgan fingerprint density at radius 1 is 1.27 bits per heavy atom. The molecule has 22 heavy (non-hydrogen) atoms. The van der Waals surface area contributed by atoms with Gasteiger partial charge in [-0.3, -0.25) is 14.6 Å². The molecule has 0 bridgehead atoms. The van der Waals surface area contributed by atoms with Crippen molar-refractivity contribution < 1.29 is 4.79 Å². The highest BCUT2D eigenvalue weighted by Crippen LogP contribution is 2.25. The molecule has 0 aliphatic rings. The lowest BCUT2D eigenvalue weighted by Crippen LogP contribution is -2.32. The molecule has 0 radical (unpaired) electrons. The Labute approximate surface area is 131 Å². The third-order valence-corrected chi connectivity index (χ3v) is 3.85. The van der Waals surface area contributed by atoms with Gasteiger partial charge in [-0.1, -0.05) is 13.8 Å². The Bertz CT molecular complexity index is 650. The molecule has 2 aromatic rings. The van der Waals surface area contributed by atoms with Crippen LogP contribution in [0.25, 0.3) is 11.3 Å². The highest BCUT2D eigenvalue weighted by molar-refractivity contribution is 5.93. The third-order valence-electron chi connectivity index (χ3n) is 3.85. The predicted molar refractivity (Wildman–Crippen MR) is 86.7 cm³/mol. The molecular weight excluding hydrogens is 278 g/mol. The van der Waals surface area contributed by atoms with E-state index in [1.807, 2.05) is 36.5 Å². The average Bonchev–Trinajstić information content (AvgIpc) is 3.04. The molecule has 2 rings (SSSR count). The molecule has 1 N–H and O–H groups in total. The van der Waals surface area contributed by atoms with Gasteiger partial charge >= 0.3 is 0 Å². The number of aromatic nitrogens is 4. The van der Waals surface area contributed by atoms with Crippen molar-refractivity contribution in [3.8, 4) is 11.3 Å². The van der Waals surface area contributed by atoms with Crippen molar-refractivity contribution in [2.45, 2.75) is 40.5 Å². The second-order valence-electron chi connectivity index (χ2n) is 5.63. The first kappa shape index (κ1) is 16.3. The lowest BCUT2D eigenvalue weighted by atomic mass is 10.1. The number of nitrogens with one attached hydrogen (secondary N) is 1. The maximum absolute atomic E-state index is 12.6. The summed E-state index contributed by atoms with van der Waals surface area (Å²) in [5.41, 5.74) is 4.28. The third kappa shape index (κ3) is 3.05. The minimum Gasteiger partial charge on any atom is -0.337 e. The Balaban J connectivity index is 2.29. The highest BCUT2D eigenvalue weighted by atomic mass is 16.2. The molecule has 0 unspecified atom stereocenters. The maximum Gasteiger partial charge on any atom is 0.271 e. The van der Waals surface area contributed by atoms with Crippen LogP contribution in [0, 0.1) is 13.8 Å². The number of hydrogen-bond acceptors (Lipinski definition) is 3. The first-order valence-corrected chi connectivity index (χ1v) is 7.84. The fourth-order valence-electron chi connectivity index (χ4n) is 2.73. The van der Waals surface area contributed by atoms with Gasteiger partial charge in [0, 0.05) is 31.4 Å². The topological polar surface area (TPSA) is 66.8 Å². The molecule has 6 heteroatoms. The SMILES string of the molecule is CCCN(CCC)C(=O)c1cc(-c2c(C)nn(C)c2C)n[nH]1. The van der Waals surface area contributed by atoms with Gasteiger partial charge in [0.25, 0.3) is 5.91 Å². The second kappa shape index (κ2) is 6.77. The summed E-state index contributed by atoms with van der Waals surface area (Å²) in [6.07, 6.45) is 1.90. The summed E-state index contributed by atoms with van der Waals surface area (Å²) < 4.78 is 1.83. The number of hydrogen-bond donors (Lipinski definition) is 1. The van der Waals surface area contributed by atoms with Gasteiger partial charge < -0.3 is 4.90 Å². The number of rotatable bonds is 6. The standard InChI is InChI=1S/C16H25N5O/c1-6-8-21(9-7-2)16(22)14-10-13(17-18-14)15-11(3)19-20(5)12(15)4/h10H,6-9H2,1-5H3,(H,17,18). The van der Waals surface area contributed by atoms with Crippen molar-refractivity contribution >= 4 is 5.91 Å². The highest BCUT2D eigenvalue weighted by Gasteiger charge is 2.20. The zero-order chi connectivity index (χ0) is 16.3. The van der Waals surface area contributed by atoms with Crippen LogP contribution in [0.3, 0.4) is 0 Å². The van der Waals surface area contributed by atoms with E-state index < -0.39 is 0 Å². The Morgan fingerprint density at radius 2 is 1.91 bits per heavy atom. The van der Waals surface area contributed by atoms with E-state index >= 15 is 0 Å². The number of H-pyrrole nitrogens is 1. The molecule has 0 fully saturated rings. The van der Waals surface area contributed by atoms with Crippen LogP contribution in [0.5, 0.6) is 0 Å². The fraction of sp³-hybridized carbons (Fsp3) is 0.562. The molecule has 0 aliphatic heterocycles. The molecular formula is C16H25N5O. The van der Waals surface area contributed by atoms with Crippen LogP contribution >= 0.6 is 0 Å². The van der Waals surface area contributed by atoms with E-state index in [0.717, 1.165) is 48.6 Å². The number of nitrogens with zero attached hydrogens (tertiary/aromatic N) is 4. The van der Waals surface area contributed by atoms with Crippen molar-refractivity contribution in [1.29, 1.82) is 0 Å². The second-order valence-corrected chi connectivity index (χ2v) is 5.63. The van der Waals surface area contributed by atoms with Gasteiger partial charge in [0.15, 0.2) is 0 Å². The number of aromatic amines is 1. The lowest BCUT2D eigenvalue weighted by Gasteiger charge is -2.20. The fourth-order valence-corrected chi connectivity index (χ4v) is 2.73. The summed E-state index contributed by atoms with van der Waals surface area (Å²) in [6, 6.07) is 1.83. The Hall–Kier alpha value is -2.11. The average molecular weight is 303 g/mol. The van der Waals surface area contributed by atoms with E-state index in [9.17, 15) is 4.79 Å². The molecule has 6 nitrogen and oxygen atoms in total. The van der Waals surface area contributed by atoms with Gasteiger partial charge in [-0.25, -0.2) is 0 Å². The van der Waals surface area contributed by atoms with Gasteiger partial charge in [-0.05, 0) is 32.8 Å². The van der Waals surface area contributed by atoms with Gasteiger partial charge in [0.05, 0.1) is 11.4 Å². The summed E-state index contributed by atoms with van der Waals surface area (Å²) in [6.45, 7) is 9.66. The summed E-state index contributed by atoms with van der Waals surface area (Å²) in [4.78, 5) is 14.5. The largest absolute Gasteiger partial charge is 0.337 e. The van der Waals surface area contributed by atoms with E-state index in [0.29, 0.717) is 5.69 Å². The minimum absolute atomic E-state index is 0.0154. The van der Waals surface area contributed by atoms with E-state index in [2.05, 4.69) is 29.1 Å². The first-order chi connectivity index (χ1) is 10.5. The van der Waals surface area contributed by atoms with E-state index in [1.165, 1.54) is 0 Å². The minimum atomic E-state index is 0.0154. The van der Waals surface area contributed by atoms with Crippen molar-refractivity contribution in [3.05, 3.63) is 23.1 Å². The lowest BCUT2D eigenvalue weighted by molar-refractivity contribution is 0.0749. The maximum atomic E-state index is 12.6. The van der Waals surface area contributed by atoms with Crippen LogP contribution < -0.4 is 0 Å². The number of aryl methyl sites for hydroxylation is 2. The van der Waals surface area contributed by atoms with Crippen LogP contribution in [0.1, 0.15) is 48.6 Å². The van der Waals surface area contributed by atoms with Crippen molar-refractivity contribution in [2.24, 2.45) is 7.05 Å². The monoisotopic (exact) mass is 303 g/mol. The zero-order valence-corrected chi connectivity index (χ0v) is 14.1. The number of carbonyl (C=O) groups excluding carboxylic acids is 1. The van der Waals surface area contributed by atoms with Crippen molar-refractivity contribution in [3.63, 3.8) is 0 Å². The van der Waals surface area contributed by atoms with Crippen molar-refractivity contribution in [1.82, 2.24) is 24.9 Å². The van der Waals surface area contributed by atoms with E-state index in [-0.39, 0.29) is 5.91 Å². The van der Waals surface area contributed by atoms with Crippen LogP contribution in [-0.2, 0) is 7.05 Å².